The molecule has 3 heteroatoms. The minimum absolute atomic E-state index is 0.0810. The third-order valence-electron chi connectivity index (χ3n) is 4.13. The molecule has 1 saturated heterocycles. The zero-order chi connectivity index (χ0) is 13.7. The molecule has 1 aromatic carbocycles. The van der Waals surface area contributed by atoms with E-state index in [0.717, 1.165) is 48.8 Å². The minimum Gasteiger partial charge on any atom is -0.317 e. The molecule has 1 N–H and O–H groups in total. The number of ketones is 1. The summed E-state index contributed by atoms with van der Waals surface area (Å²) < 4.78 is 1.05. The van der Waals surface area contributed by atoms with E-state index in [2.05, 4.69) is 34.2 Å². The van der Waals surface area contributed by atoms with E-state index in [9.17, 15) is 4.79 Å². The van der Waals surface area contributed by atoms with Crippen LogP contribution in [0.4, 0.5) is 0 Å². The van der Waals surface area contributed by atoms with Gasteiger partial charge in [-0.1, -0.05) is 41.4 Å². The van der Waals surface area contributed by atoms with Crippen molar-refractivity contribution in [3.05, 3.63) is 34.3 Å². The number of carbonyl (C=O) groups excluding carboxylic acids is 1. The molecule has 1 fully saturated rings. The summed E-state index contributed by atoms with van der Waals surface area (Å²) in [6.07, 6.45) is 4.67. The number of halogens is 1. The van der Waals surface area contributed by atoms with E-state index in [-0.39, 0.29) is 5.41 Å². The van der Waals surface area contributed by atoms with Gasteiger partial charge >= 0.3 is 0 Å². The molecule has 1 aliphatic heterocycles. The molecule has 0 aromatic heterocycles. The third kappa shape index (κ3) is 3.67. The van der Waals surface area contributed by atoms with Gasteiger partial charge in [-0.15, -0.1) is 0 Å². The number of Topliss-reactive ketones (excluding diaryl/α,β-unsaturated/α-hetero) is 1. The van der Waals surface area contributed by atoms with Crippen LogP contribution in [-0.2, 0) is 11.2 Å². The molecule has 1 aliphatic rings. The van der Waals surface area contributed by atoms with E-state index in [1.165, 1.54) is 0 Å². The number of benzene rings is 1. The van der Waals surface area contributed by atoms with Crippen molar-refractivity contribution in [2.24, 2.45) is 5.41 Å². The molecular formula is C16H22BrNO. The predicted octanol–water partition coefficient (Wildman–Crippen LogP) is 3.73. The monoisotopic (exact) mass is 323 g/mol. The van der Waals surface area contributed by atoms with Crippen LogP contribution in [0.1, 0.15) is 38.2 Å². The molecule has 2 rings (SSSR count). The van der Waals surface area contributed by atoms with Gasteiger partial charge in [0.15, 0.2) is 0 Å². The molecule has 19 heavy (non-hydrogen) atoms. The molecule has 2 nitrogen and oxygen atoms in total. The Labute approximate surface area is 124 Å². The SMILES string of the molecule is CCCC1(C(=O)Cc2cccc(Br)c2)CCNCC1. The smallest absolute Gasteiger partial charge is 0.143 e. The van der Waals surface area contributed by atoms with Gasteiger partial charge in [0, 0.05) is 16.3 Å². The van der Waals surface area contributed by atoms with Gasteiger partial charge in [-0.05, 0) is 50.0 Å². The second-order valence-corrected chi connectivity index (χ2v) is 6.43. The average molecular weight is 324 g/mol. The number of rotatable bonds is 5. The maximum Gasteiger partial charge on any atom is 0.143 e. The van der Waals surface area contributed by atoms with Crippen molar-refractivity contribution >= 4 is 21.7 Å². The number of hydrogen-bond donors (Lipinski definition) is 1. The summed E-state index contributed by atoms with van der Waals surface area (Å²) in [5, 5.41) is 3.37. The topological polar surface area (TPSA) is 29.1 Å². The predicted molar refractivity (Wildman–Crippen MR) is 82.3 cm³/mol. The molecule has 0 radical (unpaired) electrons. The summed E-state index contributed by atoms with van der Waals surface area (Å²) in [7, 11) is 0. The number of carbonyl (C=O) groups is 1. The largest absolute Gasteiger partial charge is 0.317 e. The number of nitrogens with one attached hydrogen (secondary N) is 1. The summed E-state index contributed by atoms with van der Waals surface area (Å²) in [6, 6.07) is 8.10. The molecular weight excluding hydrogens is 302 g/mol. The lowest BCUT2D eigenvalue weighted by Gasteiger charge is -2.36. The molecule has 0 atom stereocenters. The van der Waals surface area contributed by atoms with Gasteiger partial charge in [-0.25, -0.2) is 0 Å². The van der Waals surface area contributed by atoms with Gasteiger partial charge in [0.25, 0.3) is 0 Å². The maximum absolute atomic E-state index is 12.7. The second kappa shape index (κ2) is 6.67. The van der Waals surface area contributed by atoms with Gasteiger partial charge in [-0.2, -0.15) is 0 Å². The highest BCUT2D eigenvalue weighted by molar-refractivity contribution is 9.10. The number of piperidine rings is 1. The highest BCUT2D eigenvalue weighted by Crippen LogP contribution is 2.36. The molecule has 1 heterocycles. The van der Waals surface area contributed by atoms with Crippen LogP contribution in [0.25, 0.3) is 0 Å². The summed E-state index contributed by atoms with van der Waals surface area (Å²) in [4.78, 5) is 12.7. The van der Waals surface area contributed by atoms with Crippen molar-refractivity contribution in [1.29, 1.82) is 0 Å². The van der Waals surface area contributed by atoms with Gasteiger partial charge < -0.3 is 5.32 Å². The maximum atomic E-state index is 12.7. The Bertz CT molecular complexity index is 433. The first kappa shape index (κ1) is 14.7. The second-order valence-electron chi connectivity index (χ2n) is 5.51. The van der Waals surface area contributed by atoms with Crippen LogP contribution in [-0.4, -0.2) is 18.9 Å². The summed E-state index contributed by atoms with van der Waals surface area (Å²) in [6.45, 7) is 4.13. The van der Waals surface area contributed by atoms with Crippen molar-refractivity contribution in [3.63, 3.8) is 0 Å². The van der Waals surface area contributed by atoms with Crippen LogP contribution in [0.3, 0.4) is 0 Å². The van der Waals surface area contributed by atoms with Gasteiger partial charge in [0.05, 0.1) is 0 Å². The van der Waals surface area contributed by atoms with Crippen molar-refractivity contribution in [2.45, 2.75) is 39.0 Å². The van der Waals surface area contributed by atoms with E-state index in [4.69, 9.17) is 0 Å². The fraction of sp³-hybridized carbons (Fsp3) is 0.562. The third-order valence-corrected chi connectivity index (χ3v) is 4.63. The fourth-order valence-electron chi connectivity index (χ4n) is 3.07. The van der Waals surface area contributed by atoms with E-state index in [0.29, 0.717) is 12.2 Å². The lowest BCUT2D eigenvalue weighted by molar-refractivity contribution is -0.130. The Hall–Kier alpha value is -0.670. The van der Waals surface area contributed by atoms with E-state index >= 15 is 0 Å². The molecule has 0 unspecified atom stereocenters. The van der Waals surface area contributed by atoms with Crippen molar-refractivity contribution in [1.82, 2.24) is 5.32 Å². The lowest BCUT2D eigenvalue weighted by Crippen LogP contribution is -2.42. The molecule has 0 bridgehead atoms. The van der Waals surface area contributed by atoms with Crippen LogP contribution in [0.2, 0.25) is 0 Å². The minimum atomic E-state index is -0.0810. The first-order valence-corrected chi connectivity index (χ1v) is 7.94. The van der Waals surface area contributed by atoms with Gasteiger partial charge in [0.1, 0.15) is 5.78 Å². The molecule has 104 valence electrons. The molecule has 0 spiro atoms. The van der Waals surface area contributed by atoms with Crippen LogP contribution in [0.15, 0.2) is 28.7 Å². The zero-order valence-electron chi connectivity index (χ0n) is 11.5. The van der Waals surface area contributed by atoms with Gasteiger partial charge in [0.2, 0.25) is 0 Å². The summed E-state index contributed by atoms with van der Waals surface area (Å²) in [5.41, 5.74) is 1.04. The van der Waals surface area contributed by atoms with E-state index in [1.807, 2.05) is 18.2 Å². The first-order valence-electron chi connectivity index (χ1n) is 7.15. The van der Waals surface area contributed by atoms with Crippen LogP contribution >= 0.6 is 15.9 Å². The fourth-order valence-corrected chi connectivity index (χ4v) is 3.52. The summed E-state index contributed by atoms with van der Waals surface area (Å²) in [5.74, 6) is 0.425. The normalized spacial score (nSPS) is 18.2. The van der Waals surface area contributed by atoms with E-state index < -0.39 is 0 Å². The highest BCUT2D eigenvalue weighted by Gasteiger charge is 2.37. The van der Waals surface area contributed by atoms with Crippen molar-refractivity contribution < 1.29 is 4.79 Å². The van der Waals surface area contributed by atoms with Crippen LogP contribution < -0.4 is 5.32 Å². The first-order chi connectivity index (χ1) is 9.16. The van der Waals surface area contributed by atoms with Crippen LogP contribution in [0.5, 0.6) is 0 Å². The van der Waals surface area contributed by atoms with E-state index in [1.54, 1.807) is 0 Å². The summed E-state index contributed by atoms with van der Waals surface area (Å²) >= 11 is 3.47. The van der Waals surface area contributed by atoms with Crippen LogP contribution in [0, 0.1) is 5.41 Å². The lowest BCUT2D eigenvalue weighted by atomic mass is 9.70. The molecule has 0 amide bonds. The Morgan fingerprint density at radius 3 is 2.74 bits per heavy atom. The van der Waals surface area contributed by atoms with Crippen molar-refractivity contribution in [2.75, 3.05) is 13.1 Å². The Balaban J connectivity index is 2.11. The molecule has 0 aliphatic carbocycles. The quantitative estimate of drug-likeness (QED) is 0.894. The molecule has 0 saturated carbocycles. The van der Waals surface area contributed by atoms with Crippen molar-refractivity contribution in [3.8, 4) is 0 Å². The Kier molecular flexibility index (Phi) is 5.17. The van der Waals surface area contributed by atoms with Gasteiger partial charge in [-0.3, -0.25) is 4.79 Å². The Morgan fingerprint density at radius 2 is 2.11 bits per heavy atom. The average Bonchev–Trinajstić information content (AvgIpc) is 2.40. The standard InChI is InChI=1S/C16H22BrNO/c1-2-6-16(7-9-18-10-8-16)15(19)12-13-4-3-5-14(17)11-13/h3-5,11,18H,2,6-10,12H2,1H3. The zero-order valence-corrected chi connectivity index (χ0v) is 13.1. The Morgan fingerprint density at radius 1 is 1.37 bits per heavy atom. The molecule has 1 aromatic rings. The highest BCUT2D eigenvalue weighted by atomic mass is 79.9. The number of hydrogen-bond acceptors (Lipinski definition) is 2.